The molecule has 0 aromatic rings. The second kappa shape index (κ2) is 7.85. The van der Waals surface area contributed by atoms with E-state index in [2.05, 4.69) is 5.32 Å². The van der Waals surface area contributed by atoms with Crippen molar-refractivity contribution in [2.75, 3.05) is 34.2 Å². The summed E-state index contributed by atoms with van der Waals surface area (Å²) in [5.74, 6) is -0.770. The second-order valence-electron chi connectivity index (χ2n) is 5.89. The molecule has 1 aliphatic carbocycles. The van der Waals surface area contributed by atoms with Gasteiger partial charge in [0.05, 0.1) is 5.92 Å². The van der Waals surface area contributed by atoms with E-state index in [9.17, 15) is 14.4 Å². The third kappa shape index (κ3) is 5.61. The number of nitrogens with one attached hydrogen (secondary N) is 1. The topological polar surface area (TPSA) is 90.0 Å². The molecule has 0 saturated heterocycles. The number of hydrogen-bond donors (Lipinski definition) is 2. The van der Waals surface area contributed by atoms with Crippen molar-refractivity contribution in [3.63, 3.8) is 0 Å². The average molecular weight is 299 g/mol. The number of rotatable bonds is 5. The maximum atomic E-state index is 11.9. The molecule has 0 aromatic carbocycles. The Balaban J connectivity index is 2.27. The molecule has 0 atom stereocenters. The van der Waals surface area contributed by atoms with Gasteiger partial charge in [-0.1, -0.05) is 0 Å². The summed E-state index contributed by atoms with van der Waals surface area (Å²) in [5.41, 5.74) is 0. The highest BCUT2D eigenvalue weighted by molar-refractivity contribution is 5.83. The Labute approximate surface area is 125 Å². The van der Waals surface area contributed by atoms with Crippen LogP contribution in [0.25, 0.3) is 0 Å². The number of hydrogen-bond acceptors (Lipinski definition) is 3. The summed E-state index contributed by atoms with van der Waals surface area (Å²) < 4.78 is 0. The van der Waals surface area contributed by atoms with E-state index in [0.717, 1.165) is 12.8 Å². The smallest absolute Gasteiger partial charge is 0.317 e. The molecule has 2 N–H and O–H groups in total. The molecule has 0 bridgehead atoms. The Morgan fingerprint density at radius 2 is 1.67 bits per heavy atom. The Morgan fingerprint density at radius 3 is 2.14 bits per heavy atom. The molecular weight excluding hydrogens is 274 g/mol. The number of carbonyl (C=O) groups is 3. The summed E-state index contributed by atoms with van der Waals surface area (Å²) in [5, 5.41) is 11.7. The summed E-state index contributed by atoms with van der Waals surface area (Å²) in [6.45, 7) is 0.580. The van der Waals surface area contributed by atoms with Crippen LogP contribution in [0.1, 0.15) is 25.7 Å². The molecule has 21 heavy (non-hydrogen) atoms. The number of urea groups is 1. The maximum Gasteiger partial charge on any atom is 0.317 e. The van der Waals surface area contributed by atoms with Crippen LogP contribution in [0.2, 0.25) is 0 Å². The van der Waals surface area contributed by atoms with E-state index in [4.69, 9.17) is 5.11 Å². The molecule has 0 aliphatic heterocycles. The number of aliphatic carboxylic acids is 1. The first-order valence-corrected chi connectivity index (χ1v) is 7.23. The fourth-order valence-electron chi connectivity index (χ4n) is 2.40. The molecule has 0 aromatic heterocycles. The largest absolute Gasteiger partial charge is 0.481 e. The highest BCUT2D eigenvalue weighted by atomic mass is 16.4. The molecular formula is C14H25N3O4. The summed E-state index contributed by atoms with van der Waals surface area (Å²) in [6, 6.07) is -0.273. The van der Waals surface area contributed by atoms with E-state index in [1.165, 1.54) is 9.80 Å². The molecule has 0 heterocycles. The van der Waals surface area contributed by atoms with Crippen molar-refractivity contribution in [3.05, 3.63) is 0 Å². The van der Waals surface area contributed by atoms with Gasteiger partial charge in [0.1, 0.15) is 6.54 Å². The molecule has 1 saturated carbocycles. The van der Waals surface area contributed by atoms with Crippen molar-refractivity contribution in [1.82, 2.24) is 15.1 Å². The van der Waals surface area contributed by atoms with Crippen molar-refractivity contribution in [3.8, 4) is 0 Å². The van der Waals surface area contributed by atoms with Gasteiger partial charge in [-0.3, -0.25) is 9.59 Å². The average Bonchev–Trinajstić information content (AvgIpc) is 2.44. The quantitative estimate of drug-likeness (QED) is 0.778. The van der Waals surface area contributed by atoms with Gasteiger partial charge in [-0.05, 0) is 31.6 Å². The number of likely N-dealkylation sites (N-methyl/N-ethyl adjacent to an activating group) is 2. The van der Waals surface area contributed by atoms with E-state index in [-0.39, 0.29) is 24.4 Å². The molecule has 0 unspecified atom stereocenters. The molecule has 7 heteroatoms. The van der Waals surface area contributed by atoms with Gasteiger partial charge in [0.15, 0.2) is 0 Å². The first kappa shape index (κ1) is 17.3. The molecule has 3 amide bonds. The monoisotopic (exact) mass is 299 g/mol. The maximum absolute atomic E-state index is 11.9. The van der Waals surface area contributed by atoms with E-state index >= 15 is 0 Å². The normalized spacial score (nSPS) is 21.5. The number of carboxylic acid groups (broad SMARTS) is 1. The van der Waals surface area contributed by atoms with Gasteiger partial charge in [0.25, 0.3) is 0 Å². The minimum absolute atomic E-state index is 0.0462. The van der Waals surface area contributed by atoms with Gasteiger partial charge in [0.2, 0.25) is 5.91 Å². The van der Waals surface area contributed by atoms with Gasteiger partial charge < -0.3 is 20.2 Å². The third-order valence-corrected chi connectivity index (χ3v) is 3.96. The van der Waals surface area contributed by atoms with Gasteiger partial charge in [-0.25, -0.2) is 4.79 Å². The van der Waals surface area contributed by atoms with Crippen molar-refractivity contribution in [2.24, 2.45) is 11.8 Å². The Kier molecular flexibility index (Phi) is 6.45. The van der Waals surface area contributed by atoms with Gasteiger partial charge in [-0.15, -0.1) is 0 Å². The summed E-state index contributed by atoms with van der Waals surface area (Å²) in [4.78, 5) is 37.0. The molecule has 1 rings (SSSR count). The predicted octanol–water partition coefficient (Wildman–Crippen LogP) is 0.607. The lowest BCUT2D eigenvalue weighted by Gasteiger charge is -2.27. The summed E-state index contributed by atoms with van der Waals surface area (Å²) in [6.07, 6.45) is 2.98. The van der Waals surface area contributed by atoms with Gasteiger partial charge in [0, 0.05) is 27.7 Å². The Hall–Kier alpha value is -1.79. The van der Waals surface area contributed by atoms with E-state index in [0.29, 0.717) is 25.3 Å². The SMILES string of the molecule is CN(C)C(=O)CN(C)C(=O)NCC1CCC(C(=O)O)CC1. The van der Waals surface area contributed by atoms with Crippen LogP contribution in [0.15, 0.2) is 0 Å². The first-order chi connectivity index (χ1) is 9.81. The lowest BCUT2D eigenvalue weighted by atomic mass is 9.82. The molecule has 1 aliphatic rings. The van der Waals surface area contributed by atoms with Crippen molar-refractivity contribution >= 4 is 17.9 Å². The lowest BCUT2D eigenvalue weighted by Crippen LogP contribution is -2.44. The van der Waals surface area contributed by atoms with Crippen LogP contribution in [-0.4, -0.2) is 67.0 Å². The standard InChI is InChI=1S/C14H25N3O4/c1-16(2)12(18)9-17(3)14(21)15-8-10-4-6-11(7-5-10)13(19)20/h10-11H,4-9H2,1-3H3,(H,15,21)(H,19,20). The lowest BCUT2D eigenvalue weighted by molar-refractivity contribution is -0.143. The van der Waals surface area contributed by atoms with Crippen LogP contribution < -0.4 is 5.32 Å². The fraction of sp³-hybridized carbons (Fsp3) is 0.786. The molecule has 0 spiro atoms. The Bertz CT molecular complexity index is 390. The summed E-state index contributed by atoms with van der Waals surface area (Å²) >= 11 is 0. The van der Waals surface area contributed by atoms with Crippen molar-refractivity contribution in [1.29, 1.82) is 0 Å². The van der Waals surface area contributed by atoms with Crippen LogP contribution in [0.3, 0.4) is 0 Å². The predicted molar refractivity (Wildman–Crippen MR) is 77.8 cm³/mol. The minimum Gasteiger partial charge on any atom is -0.481 e. The van der Waals surface area contributed by atoms with Crippen LogP contribution in [0.4, 0.5) is 4.79 Å². The number of carboxylic acids is 1. The zero-order chi connectivity index (χ0) is 16.0. The molecule has 7 nitrogen and oxygen atoms in total. The Morgan fingerprint density at radius 1 is 1.10 bits per heavy atom. The van der Waals surface area contributed by atoms with E-state index < -0.39 is 5.97 Å². The summed E-state index contributed by atoms with van der Waals surface area (Å²) in [7, 11) is 4.88. The number of amides is 3. The van der Waals surface area contributed by atoms with Gasteiger partial charge in [-0.2, -0.15) is 0 Å². The van der Waals surface area contributed by atoms with Gasteiger partial charge >= 0.3 is 12.0 Å². The molecule has 0 radical (unpaired) electrons. The number of nitrogens with zero attached hydrogens (tertiary/aromatic N) is 2. The number of carbonyl (C=O) groups excluding carboxylic acids is 2. The first-order valence-electron chi connectivity index (χ1n) is 7.23. The van der Waals surface area contributed by atoms with Crippen LogP contribution in [0, 0.1) is 11.8 Å². The molecule has 1 fully saturated rings. The highest BCUT2D eigenvalue weighted by Crippen LogP contribution is 2.28. The third-order valence-electron chi connectivity index (χ3n) is 3.96. The molecule has 120 valence electrons. The highest BCUT2D eigenvalue weighted by Gasteiger charge is 2.26. The van der Waals surface area contributed by atoms with Crippen LogP contribution in [0.5, 0.6) is 0 Å². The zero-order valence-corrected chi connectivity index (χ0v) is 13.0. The fourth-order valence-corrected chi connectivity index (χ4v) is 2.40. The van der Waals surface area contributed by atoms with E-state index in [1.807, 2.05) is 0 Å². The second-order valence-corrected chi connectivity index (χ2v) is 5.89. The van der Waals surface area contributed by atoms with Crippen molar-refractivity contribution < 1.29 is 19.5 Å². The van der Waals surface area contributed by atoms with Crippen LogP contribution >= 0.6 is 0 Å². The van der Waals surface area contributed by atoms with Crippen molar-refractivity contribution in [2.45, 2.75) is 25.7 Å². The minimum atomic E-state index is -0.723. The zero-order valence-electron chi connectivity index (χ0n) is 13.0. The van der Waals surface area contributed by atoms with Crippen LogP contribution in [-0.2, 0) is 9.59 Å². The van der Waals surface area contributed by atoms with E-state index in [1.54, 1.807) is 21.1 Å².